The van der Waals surface area contributed by atoms with Crippen molar-refractivity contribution in [2.45, 2.75) is 26.1 Å². The second kappa shape index (κ2) is 8.69. The molecule has 3 rings (SSSR count). The van der Waals surface area contributed by atoms with E-state index in [1.54, 1.807) is 48.5 Å². The van der Waals surface area contributed by atoms with Crippen LogP contribution in [0.2, 0.25) is 0 Å². The Hall–Kier alpha value is -3.80. The summed E-state index contributed by atoms with van der Waals surface area (Å²) in [6.45, 7) is 3.64. The lowest BCUT2D eigenvalue weighted by Gasteiger charge is -2.18. The first-order valence-electron chi connectivity index (χ1n) is 9.00. The second-order valence-electron chi connectivity index (χ2n) is 6.56. The number of nitrogens with zero attached hydrogens (tertiary/aromatic N) is 3. The summed E-state index contributed by atoms with van der Waals surface area (Å²) in [7, 11) is 0. The van der Waals surface area contributed by atoms with Crippen molar-refractivity contribution >= 4 is 23.1 Å². The lowest BCUT2D eigenvalue weighted by atomic mass is 10.2. The van der Waals surface area contributed by atoms with Crippen molar-refractivity contribution in [3.8, 4) is 11.8 Å². The molecule has 2 aromatic carbocycles. The van der Waals surface area contributed by atoms with Crippen LogP contribution in [0.25, 0.3) is 0 Å². The molecule has 0 saturated heterocycles. The smallest absolute Gasteiger partial charge is 0.421 e. The van der Waals surface area contributed by atoms with Crippen molar-refractivity contribution < 1.29 is 17.9 Å². The Balaban J connectivity index is 1.95. The molecule has 0 amide bonds. The molecule has 154 valence electrons. The molecule has 1 aromatic heterocycles. The molecule has 0 aliphatic carbocycles. The zero-order valence-corrected chi connectivity index (χ0v) is 16.2. The number of hydrogen-bond acceptors (Lipinski definition) is 6. The summed E-state index contributed by atoms with van der Waals surface area (Å²) < 4.78 is 46.2. The fraction of sp³-hybridized carbons (Fsp3) is 0.190. The molecule has 6 nitrogen and oxygen atoms in total. The predicted octanol–water partition coefficient (Wildman–Crippen LogP) is 5.64. The number of rotatable bonds is 6. The molecule has 3 aromatic rings. The molecule has 0 aliphatic rings. The number of alkyl halides is 3. The van der Waals surface area contributed by atoms with Gasteiger partial charge in [-0.1, -0.05) is 12.1 Å². The Morgan fingerprint density at radius 2 is 1.73 bits per heavy atom. The van der Waals surface area contributed by atoms with E-state index >= 15 is 0 Å². The Morgan fingerprint density at radius 3 is 2.37 bits per heavy atom. The summed E-state index contributed by atoms with van der Waals surface area (Å²) in [6, 6.07) is 15.0. The van der Waals surface area contributed by atoms with Gasteiger partial charge in [-0.05, 0) is 50.2 Å². The van der Waals surface area contributed by atoms with Gasteiger partial charge in [-0.3, -0.25) is 0 Å². The number of ether oxygens (including phenoxy) is 1. The van der Waals surface area contributed by atoms with Gasteiger partial charge in [0.05, 0.1) is 23.4 Å². The van der Waals surface area contributed by atoms with E-state index in [2.05, 4.69) is 20.6 Å². The maximum Gasteiger partial charge on any atom is 0.421 e. The highest BCUT2D eigenvalue weighted by Gasteiger charge is 2.35. The average Bonchev–Trinajstić information content (AvgIpc) is 2.69. The van der Waals surface area contributed by atoms with Gasteiger partial charge in [-0.15, -0.1) is 0 Å². The van der Waals surface area contributed by atoms with Crippen LogP contribution in [0.4, 0.5) is 36.3 Å². The first kappa shape index (κ1) is 20.9. The number of nitrogens with one attached hydrogen (secondary N) is 2. The highest BCUT2D eigenvalue weighted by molar-refractivity contribution is 5.67. The van der Waals surface area contributed by atoms with Crippen LogP contribution in [0.15, 0.2) is 54.7 Å². The predicted molar refractivity (Wildman–Crippen MR) is 107 cm³/mol. The molecule has 9 heteroatoms. The summed E-state index contributed by atoms with van der Waals surface area (Å²) in [4.78, 5) is 7.80. The molecule has 0 unspecified atom stereocenters. The van der Waals surface area contributed by atoms with Crippen LogP contribution in [0.5, 0.6) is 5.75 Å². The summed E-state index contributed by atoms with van der Waals surface area (Å²) in [5.41, 5.74) is 0.327. The number of aromatic nitrogens is 2. The van der Waals surface area contributed by atoms with E-state index in [9.17, 15) is 13.2 Å². The minimum Gasteiger partial charge on any atom is -0.489 e. The van der Waals surface area contributed by atoms with E-state index in [1.807, 2.05) is 19.9 Å². The lowest BCUT2D eigenvalue weighted by Crippen LogP contribution is -2.13. The maximum absolute atomic E-state index is 13.5. The van der Waals surface area contributed by atoms with Crippen LogP contribution >= 0.6 is 0 Å². The van der Waals surface area contributed by atoms with Gasteiger partial charge in [-0.2, -0.15) is 23.4 Å². The molecule has 30 heavy (non-hydrogen) atoms. The van der Waals surface area contributed by atoms with Crippen LogP contribution in [-0.4, -0.2) is 16.1 Å². The lowest BCUT2D eigenvalue weighted by molar-refractivity contribution is -0.137. The largest absolute Gasteiger partial charge is 0.489 e. The Bertz CT molecular complexity index is 1060. The van der Waals surface area contributed by atoms with Crippen molar-refractivity contribution in [3.63, 3.8) is 0 Å². The maximum atomic E-state index is 13.5. The fourth-order valence-corrected chi connectivity index (χ4v) is 2.56. The summed E-state index contributed by atoms with van der Waals surface area (Å²) in [5, 5.41) is 14.4. The topological polar surface area (TPSA) is 82.9 Å². The third-order valence-electron chi connectivity index (χ3n) is 3.87. The van der Waals surface area contributed by atoms with E-state index in [4.69, 9.17) is 10.00 Å². The Labute approximate surface area is 171 Å². The molecule has 0 fully saturated rings. The van der Waals surface area contributed by atoms with Gasteiger partial charge in [0.25, 0.3) is 0 Å². The SMILES string of the molecule is CC(C)Oc1ccccc1Nc1nc(Nc2ccc(C#N)cc2)ncc1C(F)(F)F. The highest BCUT2D eigenvalue weighted by atomic mass is 19.4. The van der Waals surface area contributed by atoms with Crippen LogP contribution in [-0.2, 0) is 6.18 Å². The van der Waals surface area contributed by atoms with E-state index in [1.165, 1.54) is 0 Å². The summed E-state index contributed by atoms with van der Waals surface area (Å²) in [5.74, 6) is -0.0354. The van der Waals surface area contributed by atoms with Crippen molar-refractivity contribution in [3.05, 3.63) is 65.9 Å². The molecule has 0 saturated carbocycles. The van der Waals surface area contributed by atoms with Crippen LogP contribution < -0.4 is 15.4 Å². The summed E-state index contributed by atoms with van der Waals surface area (Å²) in [6.07, 6.45) is -4.09. The minimum absolute atomic E-state index is 0.0301. The van der Waals surface area contributed by atoms with Crippen molar-refractivity contribution in [2.24, 2.45) is 0 Å². The van der Waals surface area contributed by atoms with Gasteiger partial charge in [-0.25, -0.2) is 4.98 Å². The van der Waals surface area contributed by atoms with Gasteiger partial charge in [0.1, 0.15) is 17.1 Å². The molecular formula is C21H18F3N5O. The first-order valence-corrected chi connectivity index (χ1v) is 9.00. The number of para-hydroxylation sites is 2. The van der Waals surface area contributed by atoms with Crippen LogP contribution in [0, 0.1) is 11.3 Å². The van der Waals surface area contributed by atoms with Crippen molar-refractivity contribution in [1.82, 2.24) is 9.97 Å². The normalized spacial score (nSPS) is 11.1. The molecule has 0 aliphatic heterocycles. The van der Waals surface area contributed by atoms with Gasteiger partial charge < -0.3 is 15.4 Å². The van der Waals surface area contributed by atoms with E-state index in [-0.39, 0.29) is 12.1 Å². The minimum atomic E-state index is -4.65. The molecular weight excluding hydrogens is 395 g/mol. The first-order chi connectivity index (χ1) is 14.3. The highest BCUT2D eigenvalue weighted by Crippen LogP contribution is 2.37. The molecule has 0 atom stereocenters. The number of nitriles is 1. The number of halogens is 3. The van der Waals surface area contributed by atoms with E-state index in [0.29, 0.717) is 28.9 Å². The molecule has 0 spiro atoms. The van der Waals surface area contributed by atoms with Crippen LogP contribution in [0.3, 0.4) is 0 Å². The van der Waals surface area contributed by atoms with E-state index in [0.717, 1.165) is 0 Å². The van der Waals surface area contributed by atoms with Gasteiger partial charge in [0, 0.05) is 11.9 Å². The third-order valence-corrected chi connectivity index (χ3v) is 3.87. The Kier molecular flexibility index (Phi) is 6.06. The summed E-state index contributed by atoms with van der Waals surface area (Å²) >= 11 is 0. The monoisotopic (exact) mass is 413 g/mol. The average molecular weight is 413 g/mol. The molecule has 0 radical (unpaired) electrons. The molecule has 1 heterocycles. The zero-order chi connectivity index (χ0) is 21.7. The zero-order valence-electron chi connectivity index (χ0n) is 16.2. The second-order valence-corrected chi connectivity index (χ2v) is 6.56. The van der Waals surface area contributed by atoms with Crippen molar-refractivity contribution in [2.75, 3.05) is 10.6 Å². The third kappa shape index (κ3) is 5.17. The van der Waals surface area contributed by atoms with Gasteiger partial charge in [0.15, 0.2) is 0 Å². The van der Waals surface area contributed by atoms with Gasteiger partial charge >= 0.3 is 6.18 Å². The van der Waals surface area contributed by atoms with E-state index < -0.39 is 17.6 Å². The van der Waals surface area contributed by atoms with Gasteiger partial charge in [0.2, 0.25) is 5.95 Å². The number of hydrogen-bond donors (Lipinski definition) is 2. The molecule has 0 bridgehead atoms. The quantitative estimate of drug-likeness (QED) is 0.544. The van der Waals surface area contributed by atoms with Crippen molar-refractivity contribution in [1.29, 1.82) is 5.26 Å². The molecule has 2 N–H and O–H groups in total. The Morgan fingerprint density at radius 1 is 1.03 bits per heavy atom. The van der Waals surface area contributed by atoms with Crippen LogP contribution in [0.1, 0.15) is 25.0 Å². The number of benzene rings is 2. The number of anilines is 4. The standard InChI is InChI=1S/C21H18F3N5O/c1-13(2)30-18-6-4-3-5-17(18)28-19-16(21(22,23)24)12-26-20(29-19)27-15-9-7-14(11-25)8-10-15/h3-10,12-13H,1-2H3,(H2,26,27,28,29). The fourth-order valence-electron chi connectivity index (χ4n) is 2.56.